The number of nitriles is 1. The number of rotatable bonds is 3. The lowest BCUT2D eigenvalue weighted by atomic mass is 9.84. The van der Waals surface area contributed by atoms with Crippen molar-refractivity contribution >= 4 is 23.3 Å². The predicted molar refractivity (Wildman–Crippen MR) is 75.5 cm³/mol. The molecule has 4 unspecified atom stereocenters. The van der Waals surface area contributed by atoms with Crippen LogP contribution in [0.3, 0.4) is 0 Å². The molecule has 104 valence electrons. The van der Waals surface area contributed by atoms with Crippen LogP contribution in [0.2, 0.25) is 5.02 Å². The minimum Gasteiger partial charge on any atom is -0.481 e. The van der Waals surface area contributed by atoms with Gasteiger partial charge in [-0.05, 0) is 49.3 Å². The van der Waals surface area contributed by atoms with Crippen LogP contribution in [-0.2, 0) is 4.79 Å². The molecule has 5 heteroatoms. The summed E-state index contributed by atoms with van der Waals surface area (Å²) in [5, 5.41) is 22.4. The highest BCUT2D eigenvalue weighted by atomic mass is 35.5. The Morgan fingerprint density at radius 3 is 2.85 bits per heavy atom. The zero-order chi connectivity index (χ0) is 14.3. The molecule has 3 rings (SSSR count). The Hall–Kier alpha value is -1.73. The molecule has 0 heterocycles. The third kappa shape index (κ3) is 2.12. The van der Waals surface area contributed by atoms with E-state index in [2.05, 4.69) is 11.4 Å². The summed E-state index contributed by atoms with van der Waals surface area (Å²) in [7, 11) is 0. The van der Waals surface area contributed by atoms with Crippen LogP contribution < -0.4 is 5.32 Å². The molecule has 0 saturated heterocycles. The molecule has 4 nitrogen and oxygen atoms in total. The van der Waals surface area contributed by atoms with Gasteiger partial charge < -0.3 is 10.4 Å². The first-order chi connectivity index (χ1) is 9.60. The van der Waals surface area contributed by atoms with Crippen LogP contribution in [0.15, 0.2) is 18.2 Å². The predicted octanol–water partition coefficient (Wildman–Crippen LogP) is 3.12. The second-order valence-electron chi connectivity index (χ2n) is 5.67. The molecule has 4 atom stereocenters. The van der Waals surface area contributed by atoms with Gasteiger partial charge in [-0.15, -0.1) is 0 Å². The molecule has 2 fully saturated rings. The van der Waals surface area contributed by atoms with Crippen molar-refractivity contribution in [3.05, 3.63) is 28.8 Å². The molecule has 1 aromatic rings. The number of nitrogens with one attached hydrogen (secondary N) is 1. The lowest BCUT2D eigenvalue weighted by Gasteiger charge is -2.30. The molecule has 2 N–H and O–H groups in total. The molecule has 0 amide bonds. The minimum atomic E-state index is -0.741. The van der Waals surface area contributed by atoms with E-state index in [1.165, 1.54) is 0 Å². The lowest BCUT2D eigenvalue weighted by molar-refractivity contribution is -0.143. The van der Waals surface area contributed by atoms with Crippen molar-refractivity contribution < 1.29 is 9.90 Å². The van der Waals surface area contributed by atoms with Crippen molar-refractivity contribution in [3.8, 4) is 6.07 Å². The third-order valence-corrected chi connectivity index (χ3v) is 4.86. The summed E-state index contributed by atoms with van der Waals surface area (Å²) in [5.74, 6) is -0.458. The monoisotopic (exact) mass is 290 g/mol. The first-order valence-electron chi connectivity index (χ1n) is 6.79. The standard InChI is InChI=1S/C15H15ClN2O2/c16-11-4-3-10(7-17)12(6-11)18-14-9-2-1-8(5-9)13(14)15(19)20/h3-4,6,8-9,13-14,18H,1-2,5H2,(H,19,20). The number of anilines is 1. The zero-order valence-corrected chi connectivity index (χ0v) is 11.6. The Bertz CT molecular complexity index is 596. The molecule has 0 spiro atoms. The first-order valence-corrected chi connectivity index (χ1v) is 7.17. The van der Waals surface area contributed by atoms with Gasteiger partial charge in [0.15, 0.2) is 0 Å². The van der Waals surface area contributed by atoms with Gasteiger partial charge in [-0.25, -0.2) is 0 Å². The normalized spacial score (nSPS) is 31.0. The van der Waals surface area contributed by atoms with E-state index >= 15 is 0 Å². The molecular formula is C15H15ClN2O2. The number of carbonyl (C=O) groups is 1. The van der Waals surface area contributed by atoms with Crippen molar-refractivity contribution in [2.75, 3.05) is 5.32 Å². The Balaban J connectivity index is 1.89. The molecule has 2 aliphatic carbocycles. The van der Waals surface area contributed by atoms with Crippen molar-refractivity contribution in [3.63, 3.8) is 0 Å². The summed E-state index contributed by atoms with van der Waals surface area (Å²) < 4.78 is 0. The molecule has 0 aliphatic heterocycles. The maximum atomic E-state index is 11.5. The molecule has 0 aromatic heterocycles. The van der Waals surface area contributed by atoms with Crippen molar-refractivity contribution in [2.45, 2.75) is 25.3 Å². The highest BCUT2D eigenvalue weighted by molar-refractivity contribution is 6.30. The highest BCUT2D eigenvalue weighted by Gasteiger charge is 2.51. The number of carboxylic acid groups (broad SMARTS) is 1. The smallest absolute Gasteiger partial charge is 0.308 e. The number of halogens is 1. The van der Waals surface area contributed by atoms with Crippen molar-refractivity contribution in [2.24, 2.45) is 17.8 Å². The maximum Gasteiger partial charge on any atom is 0.308 e. The number of hydrogen-bond acceptors (Lipinski definition) is 3. The Kier molecular flexibility index (Phi) is 3.31. The Morgan fingerprint density at radius 2 is 2.15 bits per heavy atom. The fraction of sp³-hybridized carbons (Fsp3) is 0.467. The fourth-order valence-electron chi connectivity index (χ4n) is 3.77. The Labute approximate surface area is 122 Å². The van der Waals surface area contributed by atoms with E-state index in [1.807, 2.05) is 0 Å². The molecule has 1 aromatic carbocycles. The summed E-state index contributed by atoms with van der Waals surface area (Å²) in [6.45, 7) is 0. The van der Waals surface area contributed by atoms with Gasteiger partial charge in [-0.3, -0.25) is 4.79 Å². The van der Waals surface area contributed by atoms with Gasteiger partial charge in [0.1, 0.15) is 6.07 Å². The summed E-state index contributed by atoms with van der Waals surface area (Å²) in [6, 6.07) is 7.04. The van der Waals surface area contributed by atoms with Crippen LogP contribution in [0.25, 0.3) is 0 Å². The topological polar surface area (TPSA) is 73.1 Å². The van der Waals surface area contributed by atoms with Gasteiger partial charge in [0.2, 0.25) is 0 Å². The number of benzene rings is 1. The average molecular weight is 291 g/mol. The quantitative estimate of drug-likeness (QED) is 0.897. The van der Waals surface area contributed by atoms with Gasteiger partial charge >= 0.3 is 5.97 Å². The highest BCUT2D eigenvalue weighted by Crippen LogP contribution is 2.49. The lowest BCUT2D eigenvalue weighted by Crippen LogP contribution is -2.39. The van der Waals surface area contributed by atoms with Gasteiger partial charge in [0.25, 0.3) is 0 Å². The number of carboxylic acids is 1. The molecule has 2 saturated carbocycles. The van der Waals surface area contributed by atoms with Crippen molar-refractivity contribution in [1.29, 1.82) is 5.26 Å². The SMILES string of the molecule is N#Cc1ccc(Cl)cc1NC1C2CCC(C2)C1C(=O)O. The Morgan fingerprint density at radius 1 is 1.40 bits per heavy atom. The van der Waals surface area contributed by atoms with E-state index in [-0.39, 0.29) is 17.9 Å². The van der Waals surface area contributed by atoms with Gasteiger partial charge in [0, 0.05) is 11.1 Å². The van der Waals surface area contributed by atoms with Crippen molar-refractivity contribution in [1.82, 2.24) is 0 Å². The van der Waals surface area contributed by atoms with E-state index in [4.69, 9.17) is 16.9 Å². The third-order valence-electron chi connectivity index (χ3n) is 4.63. The van der Waals surface area contributed by atoms with Gasteiger partial charge in [-0.1, -0.05) is 11.6 Å². The van der Waals surface area contributed by atoms with Crippen LogP contribution in [-0.4, -0.2) is 17.1 Å². The van der Waals surface area contributed by atoms with Crippen LogP contribution in [0, 0.1) is 29.1 Å². The molecule has 20 heavy (non-hydrogen) atoms. The molecule has 2 aliphatic rings. The average Bonchev–Trinajstić information content (AvgIpc) is 2.99. The second-order valence-corrected chi connectivity index (χ2v) is 6.11. The maximum absolute atomic E-state index is 11.5. The largest absolute Gasteiger partial charge is 0.481 e. The fourth-order valence-corrected chi connectivity index (χ4v) is 3.94. The second kappa shape index (κ2) is 4.99. The number of fused-ring (bicyclic) bond motifs is 2. The van der Waals surface area contributed by atoms with Crippen LogP contribution >= 0.6 is 11.6 Å². The van der Waals surface area contributed by atoms with E-state index < -0.39 is 5.97 Å². The van der Waals surface area contributed by atoms with Crippen LogP contribution in [0.1, 0.15) is 24.8 Å². The molecule has 0 radical (unpaired) electrons. The van der Waals surface area contributed by atoms with E-state index in [1.54, 1.807) is 18.2 Å². The number of nitrogens with zero attached hydrogens (tertiary/aromatic N) is 1. The van der Waals surface area contributed by atoms with E-state index in [0.29, 0.717) is 22.2 Å². The van der Waals surface area contributed by atoms with Gasteiger partial charge in [0.05, 0.1) is 17.2 Å². The van der Waals surface area contributed by atoms with E-state index in [9.17, 15) is 9.90 Å². The zero-order valence-electron chi connectivity index (χ0n) is 10.8. The van der Waals surface area contributed by atoms with Crippen LogP contribution in [0.5, 0.6) is 0 Å². The summed E-state index contributed by atoms with van der Waals surface area (Å²) >= 11 is 5.97. The summed E-state index contributed by atoms with van der Waals surface area (Å²) in [6.07, 6.45) is 3.03. The molecular weight excluding hydrogens is 276 g/mol. The summed E-state index contributed by atoms with van der Waals surface area (Å²) in [4.78, 5) is 11.5. The summed E-state index contributed by atoms with van der Waals surface area (Å²) in [5.41, 5.74) is 1.14. The van der Waals surface area contributed by atoms with Crippen LogP contribution in [0.4, 0.5) is 5.69 Å². The first kappa shape index (κ1) is 13.3. The number of aliphatic carboxylic acids is 1. The van der Waals surface area contributed by atoms with Gasteiger partial charge in [-0.2, -0.15) is 5.26 Å². The minimum absolute atomic E-state index is 0.100. The number of hydrogen-bond donors (Lipinski definition) is 2. The van der Waals surface area contributed by atoms with E-state index in [0.717, 1.165) is 19.3 Å². The molecule has 2 bridgehead atoms.